The van der Waals surface area contributed by atoms with E-state index in [9.17, 15) is 24.5 Å². The molecule has 0 bridgehead atoms. The van der Waals surface area contributed by atoms with Crippen molar-refractivity contribution in [3.05, 3.63) is 44.3 Å². The van der Waals surface area contributed by atoms with E-state index in [0.29, 0.717) is 0 Å². The quantitative estimate of drug-likeness (QED) is 0.426. The van der Waals surface area contributed by atoms with E-state index in [0.717, 1.165) is 6.07 Å². The van der Waals surface area contributed by atoms with Gasteiger partial charge in [-0.1, -0.05) is 0 Å². The van der Waals surface area contributed by atoms with Gasteiger partial charge in [-0.05, 0) is 13.0 Å². The number of hydrogen-bond acceptors (Lipinski definition) is 8. The molecule has 2 amide bonds. The van der Waals surface area contributed by atoms with Crippen molar-refractivity contribution in [3.63, 3.8) is 0 Å². The van der Waals surface area contributed by atoms with Gasteiger partial charge in [-0.15, -0.1) is 0 Å². The molecule has 154 valence electrons. The molecular formula is C18H19N3O8. The third-order valence-corrected chi connectivity index (χ3v) is 4.54. The van der Waals surface area contributed by atoms with Crippen LogP contribution in [0.5, 0.6) is 5.75 Å². The fraction of sp³-hybridized carbons (Fsp3) is 0.389. The van der Waals surface area contributed by atoms with Gasteiger partial charge >= 0.3 is 11.7 Å². The zero-order valence-electron chi connectivity index (χ0n) is 15.9. The monoisotopic (exact) mass is 405 g/mol. The van der Waals surface area contributed by atoms with E-state index in [1.165, 1.54) is 29.0 Å². The summed E-state index contributed by atoms with van der Waals surface area (Å²) in [5, 5.41) is 11.3. The van der Waals surface area contributed by atoms with Crippen LogP contribution in [0.15, 0.2) is 27.4 Å². The molecule has 1 aliphatic rings. The number of piperazine rings is 1. The van der Waals surface area contributed by atoms with Crippen LogP contribution >= 0.6 is 0 Å². The Morgan fingerprint density at radius 1 is 1.17 bits per heavy atom. The van der Waals surface area contributed by atoms with Crippen LogP contribution in [0.1, 0.15) is 17.3 Å². The van der Waals surface area contributed by atoms with Gasteiger partial charge in [0, 0.05) is 37.6 Å². The van der Waals surface area contributed by atoms with Crippen LogP contribution in [0.4, 0.5) is 10.5 Å². The first kappa shape index (κ1) is 20.1. The van der Waals surface area contributed by atoms with Crippen molar-refractivity contribution in [1.82, 2.24) is 9.80 Å². The number of hydrogen-bond donors (Lipinski definition) is 0. The lowest BCUT2D eigenvalue weighted by Gasteiger charge is -2.33. The lowest BCUT2D eigenvalue weighted by atomic mass is 10.1. The molecule has 0 saturated carbocycles. The maximum atomic E-state index is 12.8. The van der Waals surface area contributed by atoms with Crippen LogP contribution in [0.2, 0.25) is 0 Å². The Morgan fingerprint density at radius 3 is 2.41 bits per heavy atom. The summed E-state index contributed by atoms with van der Waals surface area (Å²) in [5.41, 5.74) is -1.36. The van der Waals surface area contributed by atoms with E-state index in [1.54, 1.807) is 6.92 Å². The normalized spacial score (nSPS) is 14.0. The second-order valence-corrected chi connectivity index (χ2v) is 6.25. The topological polar surface area (TPSA) is 132 Å². The van der Waals surface area contributed by atoms with E-state index in [-0.39, 0.29) is 60.8 Å². The first-order valence-corrected chi connectivity index (χ1v) is 8.87. The van der Waals surface area contributed by atoms with Gasteiger partial charge in [0.05, 0.1) is 24.7 Å². The number of nitrogens with zero attached hydrogens (tertiary/aromatic N) is 3. The molecule has 2 aromatic rings. The molecule has 2 heterocycles. The molecule has 0 aliphatic carbocycles. The summed E-state index contributed by atoms with van der Waals surface area (Å²) < 4.78 is 15.2. The molecule has 11 nitrogen and oxygen atoms in total. The number of amides is 2. The number of fused-ring (bicyclic) bond motifs is 1. The zero-order chi connectivity index (χ0) is 21.1. The lowest BCUT2D eigenvalue weighted by molar-refractivity contribution is -0.384. The summed E-state index contributed by atoms with van der Waals surface area (Å²) in [6, 6.07) is 3.61. The number of non-ortho nitro benzene ring substituents is 1. The van der Waals surface area contributed by atoms with Crippen LogP contribution in [0.3, 0.4) is 0 Å². The summed E-state index contributed by atoms with van der Waals surface area (Å²) in [7, 11) is 1.29. The standard InChI is InChI=1S/C18H19N3O8/c1-3-28-18(24)20-6-4-19(5-7-20)16(22)13-9-11-8-12(21(25)26)10-14(27-2)15(11)29-17(13)23/h8-10H,3-7H2,1-2H3. The summed E-state index contributed by atoms with van der Waals surface area (Å²) in [6.07, 6.45) is -0.454. The molecule has 3 rings (SSSR count). The maximum Gasteiger partial charge on any atom is 0.409 e. The molecular weight excluding hydrogens is 386 g/mol. The first-order valence-electron chi connectivity index (χ1n) is 8.87. The van der Waals surface area contributed by atoms with E-state index < -0.39 is 22.5 Å². The van der Waals surface area contributed by atoms with Crippen molar-refractivity contribution in [3.8, 4) is 5.75 Å². The molecule has 0 radical (unpaired) electrons. The molecule has 1 aromatic heterocycles. The van der Waals surface area contributed by atoms with Crippen LogP contribution in [-0.4, -0.2) is 66.6 Å². The van der Waals surface area contributed by atoms with Gasteiger partial charge in [-0.25, -0.2) is 9.59 Å². The van der Waals surface area contributed by atoms with Crippen molar-refractivity contribution in [1.29, 1.82) is 0 Å². The van der Waals surface area contributed by atoms with E-state index in [1.807, 2.05) is 0 Å². The van der Waals surface area contributed by atoms with Crippen LogP contribution < -0.4 is 10.4 Å². The number of methoxy groups -OCH3 is 1. The van der Waals surface area contributed by atoms with Crippen molar-refractivity contribution < 1.29 is 28.4 Å². The van der Waals surface area contributed by atoms with Crippen molar-refractivity contribution in [2.24, 2.45) is 0 Å². The third kappa shape index (κ3) is 3.98. The van der Waals surface area contributed by atoms with Gasteiger partial charge in [0.25, 0.3) is 11.6 Å². The Labute approximate surface area is 164 Å². The summed E-state index contributed by atoms with van der Waals surface area (Å²) in [6.45, 7) is 2.92. The smallest absolute Gasteiger partial charge is 0.409 e. The van der Waals surface area contributed by atoms with Gasteiger partial charge in [0.15, 0.2) is 11.3 Å². The van der Waals surface area contributed by atoms with E-state index in [2.05, 4.69) is 0 Å². The van der Waals surface area contributed by atoms with Crippen molar-refractivity contribution in [2.75, 3.05) is 39.9 Å². The number of carbonyl (C=O) groups is 2. The molecule has 11 heteroatoms. The minimum Gasteiger partial charge on any atom is -0.493 e. The lowest BCUT2D eigenvalue weighted by Crippen LogP contribution is -2.51. The molecule has 1 aliphatic heterocycles. The summed E-state index contributed by atoms with van der Waals surface area (Å²) >= 11 is 0. The number of rotatable bonds is 4. The van der Waals surface area contributed by atoms with Crippen LogP contribution in [0.25, 0.3) is 11.0 Å². The highest BCUT2D eigenvalue weighted by molar-refractivity contribution is 5.98. The number of nitro benzene ring substituents is 1. The predicted molar refractivity (Wildman–Crippen MR) is 100 cm³/mol. The van der Waals surface area contributed by atoms with Gasteiger partial charge in [0.2, 0.25) is 0 Å². The molecule has 0 N–H and O–H groups in total. The molecule has 0 atom stereocenters. The molecule has 1 fully saturated rings. The Balaban J connectivity index is 1.89. The number of ether oxygens (including phenoxy) is 2. The average molecular weight is 405 g/mol. The fourth-order valence-corrected chi connectivity index (χ4v) is 3.07. The molecule has 1 aromatic carbocycles. The Bertz CT molecular complexity index is 1020. The molecule has 0 spiro atoms. The van der Waals surface area contributed by atoms with Gasteiger partial charge in [0.1, 0.15) is 5.56 Å². The number of benzene rings is 1. The van der Waals surface area contributed by atoms with Crippen LogP contribution in [0, 0.1) is 10.1 Å². The molecule has 0 unspecified atom stereocenters. The highest BCUT2D eigenvalue weighted by Gasteiger charge is 2.28. The van der Waals surface area contributed by atoms with Crippen molar-refractivity contribution >= 4 is 28.7 Å². The van der Waals surface area contributed by atoms with Gasteiger partial charge < -0.3 is 23.7 Å². The minimum atomic E-state index is -0.873. The number of carbonyl (C=O) groups excluding carboxylic acids is 2. The Morgan fingerprint density at radius 2 is 1.83 bits per heavy atom. The molecule has 29 heavy (non-hydrogen) atoms. The highest BCUT2D eigenvalue weighted by atomic mass is 16.6. The predicted octanol–water partition coefficient (Wildman–Crippen LogP) is 1.62. The largest absolute Gasteiger partial charge is 0.493 e. The van der Waals surface area contributed by atoms with Gasteiger partial charge in [-0.3, -0.25) is 14.9 Å². The first-order chi connectivity index (χ1) is 13.8. The minimum absolute atomic E-state index is 0.0202. The second-order valence-electron chi connectivity index (χ2n) is 6.25. The van der Waals surface area contributed by atoms with Gasteiger partial charge in [-0.2, -0.15) is 0 Å². The SMILES string of the molecule is CCOC(=O)N1CCN(C(=O)c2cc3cc([N+](=O)[O-])cc(OC)c3oc2=O)CC1. The van der Waals surface area contributed by atoms with E-state index >= 15 is 0 Å². The zero-order valence-corrected chi connectivity index (χ0v) is 15.9. The summed E-state index contributed by atoms with van der Waals surface area (Å²) in [5.74, 6) is -0.553. The Hall–Kier alpha value is -3.63. The Kier molecular flexibility index (Phi) is 5.66. The van der Waals surface area contributed by atoms with E-state index in [4.69, 9.17) is 13.9 Å². The van der Waals surface area contributed by atoms with Crippen molar-refractivity contribution in [2.45, 2.75) is 6.92 Å². The van der Waals surface area contributed by atoms with Crippen LogP contribution in [-0.2, 0) is 4.74 Å². The fourth-order valence-electron chi connectivity index (χ4n) is 3.07. The number of nitro groups is 1. The highest BCUT2D eigenvalue weighted by Crippen LogP contribution is 2.30. The third-order valence-electron chi connectivity index (χ3n) is 4.54. The second kappa shape index (κ2) is 8.17. The summed E-state index contributed by atoms with van der Waals surface area (Å²) in [4.78, 5) is 50.3. The maximum absolute atomic E-state index is 12.8. The average Bonchev–Trinajstić information content (AvgIpc) is 2.72. The molecule has 1 saturated heterocycles.